The second kappa shape index (κ2) is 4.60. The highest BCUT2D eigenvalue weighted by Gasteiger charge is 2.71. The summed E-state index contributed by atoms with van der Waals surface area (Å²) >= 11 is 0. The lowest BCUT2D eigenvalue weighted by molar-refractivity contribution is -0.221. The number of aliphatic hydroxyl groups is 2. The standard InChI is InChI=1S/C20H32O3/c1-11-12-8-13(21)16-19(4)7-5-6-18(2,3)15(19)14(22)10-20(16,9-12)17(11)23/h11-16,21-22H,5-10H2,1-4H3/t11-,12-,13+,14+,15-,16+,19-,20+/m1/s1. The highest BCUT2D eigenvalue weighted by molar-refractivity contribution is 5.90. The fraction of sp³-hybridized carbons (Fsp3) is 0.950. The molecular formula is C20H32O3. The van der Waals surface area contributed by atoms with Crippen LogP contribution in [0, 0.1) is 39.9 Å². The van der Waals surface area contributed by atoms with Crippen molar-refractivity contribution in [3.05, 3.63) is 0 Å². The number of carbonyl (C=O) groups is 1. The van der Waals surface area contributed by atoms with Crippen molar-refractivity contribution in [1.82, 2.24) is 0 Å². The number of aliphatic hydroxyl groups excluding tert-OH is 2. The highest BCUT2D eigenvalue weighted by Crippen LogP contribution is 2.71. The van der Waals surface area contributed by atoms with Crippen LogP contribution in [0.3, 0.4) is 0 Å². The molecule has 4 fully saturated rings. The zero-order valence-electron chi connectivity index (χ0n) is 15.0. The molecule has 23 heavy (non-hydrogen) atoms. The van der Waals surface area contributed by atoms with Crippen molar-refractivity contribution in [1.29, 1.82) is 0 Å². The molecule has 130 valence electrons. The van der Waals surface area contributed by atoms with Crippen molar-refractivity contribution < 1.29 is 15.0 Å². The molecule has 8 atom stereocenters. The Kier molecular flexibility index (Phi) is 3.22. The fourth-order valence-electron chi connectivity index (χ4n) is 8.11. The van der Waals surface area contributed by atoms with Gasteiger partial charge in [0.2, 0.25) is 0 Å². The van der Waals surface area contributed by atoms with E-state index in [1.165, 1.54) is 0 Å². The molecule has 3 nitrogen and oxygen atoms in total. The van der Waals surface area contributed by atoms with Gasteiger partial charge < -0.3 is 10.2 Å². The van der Waals surface area contributed by atoms with Crippen molar-refractivity contribution in [3.63, 3.8) is 0 Å². The molecular weight excluding hydrogens is 288 g/mol. The van der Waals surface area contributed by atoms with Crippen LogP contribution in [0.1, 0.15) is 66.2 Å². The lowest BCUT2D eigenvalue weighted by atomic mass is 9.40. The Morgan fingerprint density at radius 1 is 1.00 bits per heavy atom. The third-order valence-corrected chi connectivity index (χ3v) is 8.52. The number of hydrogen-bond acceptors (Lipinski definition) is 3. The molecule has 2 N–H and O–H groups in total. The Balaban J connectivity index is 1.86. The van der Waals surface area contributed by atoms with E-state index in [4.69, 9.17) is 0 Å². The normalized spacial score (nSPS) is 57.7. The summed E-state index contributed by atoms with van der Waals surface area (Å²) in [6.45, 7) is 8.86. The first-order valence-corrected chi connectivity index (χ1v) is 9.54. The summed E-state index contributed by atoms with van der Waals surface area (Å²) in [4.78, 5) is 13.2. The van der Waals surface area contributed by atoms with E-state index in [1.807, 2.05) is 6.92 Å². The first-order valence-electron chi connectivity index (χ1n) is 9.54. The van der Waals surface area contributed by atoms with Crippen LogP contribution in [0.4, 0.5) is 0 Å². The lowest BCUT2D eigenvalue weighted by Crippen LogP contribution is -2.65. The molecule has 3 heteroatoms. The number of ketones is 1. The molecule has 0 unspecified atom stereocenters. The Bertz CT molecular complexity index is 541. The Hall–Kier alpha value is -0.410. The summed E-state index contributed by atoms with van der Waals surface area (Å²) in [5.41, 5.74) is -0.499. The minimum absolute atomic E-state index is 0.0386. The van der Waals surface area contributed by atoms with Gasteiger partial charge in [-0.25, -0.2) is 0 Å². The van der Waals surface area contributed by atoms with Crippen molar-refractivity contribution in [2.45, 2.75) is 78.4 Å². The maximum Gasteiger partial charge on any atom is 0.142 e. The van der Waals surface area contributed by atoms with Crippen molar-refractivity contribution in [3.8, 4) is 0 Å². The van der Waals surface area contributed by atoms with E-state index in [-0.39, 0.29) is 34.7 Å². The quantitative estimate of drug-likeness (QED) is 0.721. The first kappa shape index (κ1) is 16.1. The predicted molar refractivity (Wildman–Crippen MR) is 88.7 cm³/mol. The molecule has 0 radical (unpaired) electrons. The predicted octanol–water partition coefficient (Wildman–Crippen LogP) is 3.18. The number of hydrogen-bond donors (Lipinski definition) is 2. The fourth-order valence-corrected chi connectivity index (χ4v) is 8.11. The van der Waals surface area contributed by atoms with Crippen LogP contribution >= 0.6 is 0 Å². The minimum atomic E-state index is -0.458. The summed E-state index contributed by atoms with van der Waals surface area (Å²) in [7, 11) is 0. The van der Waals surface area contributed by atoms with Crippen molar-refractivity contribution in [2.75, 3.05) is 0 Å². The van der Waals surface area contributed by atoms with Gasteiger partial charge in [-0.1, -0.05) is 34.1 Å². The summed E-state index contributed by atoms with van der Waals surface area (Å²) in [6, 6.07) is 0. The van der Waals surface area contributed by atoms with Gasteiger partial charge in [0.1, 0.15) is 5.78 Å². The number of rotatable bonds is 0. The maximum absolute atomic E-state index is 13.2. The van der Waals surface area contributed by atoms with Crippen LogP contribution in [0.15, 0.2) is 0 Å². The molecule has 2 bridgehead atoms. The van der Waals surface area contributed by atoms with Crippen molar-refractivity contribution >= 4 is 5.78 Å². The number of carbonyl (C=O) groups excluding carboxylic acids is 1. The summed E-state index contributed by atoms with van der Waals surface area (Å²) in [5.74, 6) is 0.938. The largest absolute Gasteiger partial charge is 0.393 e. The molecule has 4 aliphatic rings. The average molecular weight is 320 g/mol. The van der Waals surface area contributed by atoms with E-state index in [1.54, 1.807) is 0 Å². The molecule has 0 heterocycles. The number of fused-ring (bicyclic) bond motifs is 3. The second-order valence-electron chi connectivity index (χ2n) is 10.2. The Morgan fingerprint density at radius 2 is 1.70 bits per heavy atom. The van der Waals surface area contributed by atoms with E-state index in [0.717, 1.165) is 32.1 Å². The smallest absolute Gasteiger partial charge is 0.142 e. The van der Waals surface area contributed by atoms with Gasteiger partial charge in [0.15, 0.2) is 0 Å². The maximum atomic E-state index is 13.2. The lowest BCUT2D eigenvalue weighted by Gasteiger charge is -2.65. The molecule has 4 aliphatic carbocycles. The monoisotopic (exact) mass is 320 g/mol. The summed E-state index contributed by atoms with van der Waals surface area (Å²) in [6.07, 6.45) is 4.77. The zero-order chi connectivity index (χ0) is 16.8. The van der Waals surface area contributed by atoms with Gasteiger partial charge in [-0.3, -0.25) is 4.79 Å². The molecule has 0 aromatic rings. The van der Waals surface area contributed by atoms with Crippen LogP contribution in [0.5, 0.6) is 0 Å². The number of Topliss-reactive ketones (excluding diaryl/α,β-unsaturated/α-hetero) is 1. The van der Waals surface area contributed by atoms with Crippen LogP contribution in [0.25, 0.3) is 0 Å². The van der Waals surface area contributed by atoms with Crippen LogP contribution < -0.4 is 0 Å². The molecule has 4 rings (SSSR count). The van der Waals surface area contributed by atoms with E-state index in [9.17, 15) is 15.0 Å². The molecule has 4 saturated carbocycles. The van der Waals surface area contributed by atoms with Gasteiger partial charge in [0, 0.05) is 17.3 Å². The molecule has 0 amide bonds. The SMILES string of the molecule is C[C@H]1C(=O)[C@]23C[C@H]1C[C@H](O)[C@H]2[C@]1(C)CCCC(C)(C)[C@H]1[C@@H](O)C3. The van der Waals surface area contributed by atoms with E-state index in [2.05, 4.69) is 20.8 Å². The Labute approximate surface area is 139 Å². The third kappa shape index (κ3) is 1.81. The van der Waals surface area contributed by atoms with E-state index in [0.29, 0.717) is 18.1 Å². The molecule has 1 spiro atoms. The van der Waals surface area contributed by atoms with Gasteiger partial charge in [0.25, 0.3) is 0 Å². The molecule has 0 aliphatic heterocycles. The average Bonchev–Trinajstić information content (AvgIpc) is 2.58. The summed E-state index contributed by atoms with van der Waals surface area (Å²) < 4.78 is 0. The van der Waals surface area contributed by atoms with Crippen LogP contribution in [-0.2, 0) is 4.79 Å². The van der Waals surface area contributed by atoms with Crippen LogP contribution in [0.2, 0.25) is 0 Å². The van der Waals surface area contributed by atoms with Crippen LogP contribution in [-0.4, -0.2) is 28.2 Å². The van der Waals surface area contributed by atoms with Gasteiger partial charge in [-0.2, -0.15) is 0 Å². The third-order valence-electron chi connectivity index (χ3n) is 8.52. The van der Waals surface area contributed by atoms with Gasteiger partial charge in [0.05, 0.1) is 12.2 Å². The van der Waals surface area contributed by atoms with Gasteiger partial charge >= 0.3 is 0 Å². The zero-order valence-corrected chi connectivity index (χ0v) is 15.0. The Morgan fingerprint density at radius 3 is 2.39 bits per heavy atom. The van der Waals surface area contributed by atoms with Gasteiger partial charge in [-0.15, -0.1) is 0 Å². The minimum Gasteiger partial charge on any atom is -0.393 e. The molecule has 0 aromatic carbocycles. The topological polar surface area (TPSA) is 57.5 Å². The second-order valence-corrected chi connectivity index (χ2v) is 10.2. The van der Waals surface area contributed by atoms with E-state index >= 15 is 0 Å². The van der Waals surface area contributed by atoms with Gasteiger partial charge in [-0.05, 0) is 54.8 Å². The first-order chi connectivity index (χ1) is 10.6. The van der Waals surface area contributed by atoms with E-state index < -0.39 is 11.5 Å². The molecule has 0 aromatic heterocycles. The summed E-state index contributed by atoms with van der Waals surface area (Å²) in [5, 5.41) is 22.2. The van der Waals surface area contributed by atoms with Crippen molar-refractivity contribution in [2.24, 2.45) is 39.9 Å². The molecule has 0 saturated heterocycles. The highest BCUT2D eigenvalue weighted by atomic mass is 16.3.